The van der Waals surface area contributed by atoms with Crippen LogP contribution in [-0.4, -0.2) is 24.9 Å². The van der Waals surface area contributed by atoms with E-state index in [9.17, 15) is 18.8 Å². The molecule has 0 aliphatic heterocycles. The number of ether oxygens (including phenoxy) is 1. The van der Waals surface area contributed by atoms with Crippen molar-refractivity contribution < 1.29 is 23.5 Å². The van der Waals surface area contributed by atoms with Gasteiger partial charge in [0.1, 0.15) is 12.2 Å². The van der Waals surface area contributed by atoms with Crippen molar-refractivity contribution in [3.8, 4) is 0 Å². The molecular weight excluding hydrogens is 327 g/mol. The van der Waals surface area contributed by atoms with Crippen LogP contribution in [0.2, 0.25) is 0 Å². The highest BCUT2D eigenvalue weighted by molar-refractivity contribution is 6.06. The van der Waals surface area contributed by atoms with Crippen molar-refractivity contribution in [2.24, 2.45) is 0 Å². The standard InChI is InChI=1S/C18H17FN2O4/c1-25-18(24)13-7-3-5-9-15(13)21-17(23)10-16(22)20-11-12-6-2-4-8-14(12)19/h2-9H,10-11H2,1H3,(H,20,22)(H,21,23). The van der Waals surface area contributed by atoms with E-state index in [0.29, 0.717) is 5.56 Å². The lowest BCUT2D eigenvalue weighted by molar-refractivity contribution is -0.126. The number of hydrogen-bond acceptors (Lipinski definition) is 4. The van der Waals surface area contributed by atoms with E-state index in [1.54, 1.807) is 30.3 Å². The molecule has 0 unspecified atom stereocenters. The molecule has 0 saturated carbocycles. The number of hydrogen-bond donors (Lipinski definition) is 2. The number of rotatable bonds is 6. The summed E-state index contributed by atoms with van der Waals surface area (Å²) in [5.74, 6) is -2.18. The average molecular weight is 344 g/mol. The highest BCUT2D eigenvalue weighted by Crippen LogP contribution is 2.16. The minimum atomic E-state index is -0.597. The predicted molar refractivity (Wildman–Crippen MR) is 89.3 cm³/mol. The first-order chi connectivity index (χ1) is 12.0. The van der Waals surface area contributed by atoms with Crippen molar-refractivity contribution in [2.75, 3.05) is 12.4 Å². The number of anilines is 1. The fourth-order valence-corrected chi connectivity index (χ4v) is 2.12. The van der Waals surface area contributed by atoms with E-state index < -0.39 is 30.0 Å². The number of benzene rings is 2. The molecule has 0 aromatic heterocycles. The Labute approximate surface area is 144 Å². The van der Waals surface area contributed by atoms with Crippen LogP contribution in [0, 0.1) is 5.82 Å². The normalized spacial score (nSPS) is 10.0. The first-order valence-corrected chi connectivity index (χ1v) is 7.48. The molecule has 7 heteroatoms. The highest BCUT2D eigenvalue weighted by Gasteiger charge is 2.15. The summed E-state index contributed by atoms with van der Waals surface area (Å²) in [6.07, 6.45) is -0.454. The van der Waals surface area contributed by atoms with E-state index in [2.05, 4.69) is 15.4 Å². The fraction of sp³-hybridized carbons (Fsp3) is 0.167. The maximum absolute atomic E-state index is 13.5. The molecular formula is C18H17FN2O4. The first-order valence-electron chi connectivity index (χ1n) is 7.48. The summed E-state index contributed by atoms with van der Waals surface area (Å²) in [4.78, 5) is 35.4. The molecule has 2 amide bonds. The molecule has 2 aromatic rings. The summed E-state index contributed by atoms with van der Waals surface area (Å²) < 4.78 is 18.1. The highest BCUT2D eigenvalue weighted by atomic mass is 19.1. The molecule has 0 heterocycles. The fourth-order valence-electron chi connectivity index (χ4n) is 2.12. The molecule has 130 valence electrons. The van der Waals surface area contributed by atoms with Crippen molar-refractivity contribution in [2.45, 2.75) is 13.0 Å². The van der Waals surface area contributed by atoms with Crippen LogP contribution in [0.15, 0.2) is 48.5 Å². The lowest BCUT2D eigenvalue weighted by atomic mass is 10.1. The van der Waals surface area contributed by atoms with Crippen molar-refractivity contribution in [3.05, 3.63) is 65.5 Å². The molecule has 6 nitrogen and oxygen atoms in total. The number of amides is 2. The van der Waals surface area contributed by atoms with E-state index in [1.807, 2.05) is 0 Å². The minimum absolute atomic E-state index is 0.0163. The molecule has 0 aliphatic rings. The number of carbonyl (C=O) groups is 3. The molecule has 2 N–H and O–H groups in total. The van der Waals surface area contributed by atoms with Crippen molar-refractivity contribution >= 4 is 23.5 Å². The number of nitrogens with one attached hydrogen (secondary N) is 2. The lowest BCUT2D eigenvalue weighted by Crippen LogP contribution is -2.28. The van der Waals surface area contributed by atoms with Crippen LogP contribution in [-0.2, 0) is 20.9 Å². The summed E-state index contributed by atoms with van der Waals surface area (Å²) in [5.41, 5.74) is 0.763. The Balaban J connectivity index is 1.91. The molecule has 0 bridgehead atoms. The van der Waals surface area contributed by atoms with Gasteiger partial charge in [0.15, 0.2) is 0 Å². The van der Waals surface area contributed by atoms with Gasteiger partial charge >= 0.3 is 5.97 Å². The Kier molecular flexibility index (Phi) is 6.22. The van der Waals surface area contributed by atoms with Gasteiger partial charge in [-0.05, 0) is 18.2 Å². The third kappa shape index (κ3) is 5.13. The number of halogens is 1. The number of carbonyl (C=O) groups excluding carboxylic acids is 3. The van der Waals surface area contributed by atoms with Gasteiger partial charge in [-0.1, -0.05) is 30.3 Å². The van der Waals surface area contributed by atoms with Crippen LogP contribution in [0.5, 0.6) is 0 Å². The van der Waals surface area contributed by atoms with Crippen molar-refractivity contribution in [3.63, 3.8) is 0 Å². The Morgan fingerprint density at radius 1 is 1.00 bits per heavy atom. The number of para-hydroxylation sites is 1. The molecule has 0 saturated heterocycles. The van der Waals surface area contributed by atoms with E-state index in [4.69, 9.17) is 0 Å². The monoisotopic (exact) mass is 344 g/mol. The van der Waals surface area contributed by atoms with Gasteiger partial charge in [-0.15, -0.1) is 0 Å². The van der Waals surface area contributed by atoms with E-state index in [1.165, 1.54) is 25.3 Å². The van der Waals surface area contributed by atoms with Crippen LogP contribution >= 0.6 is 0 Å². The Hall–Kier alpha value is -3.22. The van der Waals surface area contributed by atoms with E-state index in [-0.39, 0.29) is 17.8 Å². The second-order valence-corrected chi connectivity index (χ2v) is 5.13. The first kappa shape index (κ1) is 18.1. The predicted octanol–water partition coefficient (Wildman–Crippen LogP) is 2.26. The SMILES string of the molecule is COC(=O)c1ccccc1NC(=O)CC(=O)NCc1ccccc1F. The van der Waals surface area contributed by atoms with E-state index in [0.717, 1.165) is 0 Å². The Morgan fingerprint density at radius 2 is 1.68 bits per heavy atom. The molecule has 0 aliphatic carbocycles. The van der Waals surface area contributed by atoms with E-state index >= 15 is 0 Å². The number of methoxy groups -OCH3 is 1. The van der Waals surface area contributed by atoms with Crippen LogP contribution in [0.25, 0.3) is 0 Å². The molecule has 0 spiro atoms. The summed E-state index contributed by atoms with van der Waals surface area (Å²) in [7, 11) is 1.23. The number of esters is 1. The summed E-state index contributed by atoms with van der Waals surface area (Å²) in [6.45, 7) is -0.0163. The quantitative estimate of drug-likeness (QED) is 0.622. The minimum Gasteiger partial charge on any atom is -0.465 e. The average Bonchev–Trinajstić information content (AvgIpc) is 2.60. The molecule has 25 heavy (non-hydrogen) atoms. The van der Waals surface area contributed by atoms with Crippen LogP contribution < -0.4 is 10.6 Å². The Bertz CT molecular complexity index is 792. The van der Waals surface area contributed by atoms with Crippen molar-refractivity contribution in [1.82, 2.24) is 5.32 Å². The van der Waals surface area contributed by atoms with Gasteiger partial charge in [0.25, 0.3) is 0 Å². The lowest BCUT2D eigenvalue weighted by Gasteiger charge is -2.10. The van der Waals surface area contributed by atoms with Crippen LogP contribution in [0.3, 0.4) is 0 Å². The zero-order valence-corrected chi connectivity index (χ0v) is 13.5. The summed E-state index contributed by atoms with van der Waals surface area (Å²) >= 11 is 0. The third-order valence-electron chi connectivity index (χ3n) is 3.36. The van der Waals surface area contributed by atoms with Gasteiger partial charge in [0.2, 0.25) is 11.8 Å². The molecule has 0 atom stereocenters. The largest absolute Gasteiger partial charge is 0.465 e. The van der Waals surface area contributed by atoms with Crippen molar-refractivity contribution in [1.29, 1.82) is 0 Å². The van der Waals surface area contributed by atoms with Gasteiger partial charge in [0, 0.05) is 12.1 Å². The van der Waals surface area contributed by atoms with Crippen LogP contribution in [0.1, 0.15) is 22.3 Å². The molecule has 2 rings (SSSR count). The Morgan fingerprint density at radius 3 is 2.40 bits per heavy atom. The maximum atomic E-state index is 13.5. The molecule has 0 fully saturated rings. The second-order valence-electron chi connectivity index (χ2n) is 5.13. The topological polar surface area (TPSA) is 84.5 Å². The summed E-state index contributed by atoms with van der Waals surface area (Å²) in [5, 5.41) is 4.97. The third-order valence-corrected chi connectivity index (χ3v) is 3.36. The molecule has 0 radical (unpaired) electrons. The zero-order valence-electron chi connectivity index (χ0n) is 13.5. The zero-order chi connectivity index (χ0) is 18.2. The molecule has 2 aromatic carbocycles. The smallest absolute Gasteiger partial charge is 0.339 e. The van der Waals surface area contributed by atoms with Gasteiger partial charge in [-0.2, -0.15) is 0 Å². The summed E-state index contributed by atoms with van der Waals surface area (Å²) in [6, 6.07) is 12.3. The van der Waals surface area contributed by atoms with Crippen LogP contribution in [0.4, 0.5) is 10.1 Å². The second kappa shape index (κ2) is 8.58. The van der Waals surface area contributed by atoms with Gasteiger partial charge < -0.3 is 15.4 Å². The van der Waals surface area contributed by atoms with Gasteiger partial charge in [-0.3, -0.25) is 9.59 Å². The van der Waals surface area contributed by atoms with Gasteiger partial charge in [-0.25, -0.2) is 9.18 Å². The van der Waals surface area contributed by atoms with Gasteiger partial charge in [0.05, 0.1) is 18.4 Å². The maximum Gasteiger partial charge on any atom is 0.339 e.